The SMILES string of the molecule is CCN1CCCC1CNc1ncc(N)cc1C(=O)O. The minimum absolute atomic E-state index is 0.126. The van der Waals surface area contributed by atoms with Gasteiger partial charge in [-0.1, -0.05) is 6.92 Å². The second-order valence-corrected chi connectivity index (χ2v) is 4.78. The third-order valence-corrected chi connectivity index (χ3v) is 3.55. The van der Waals surface area contributed by atoms with Crippen LogP contribution >= 0.6 is 0 Å². The first kappa shape index (κ1) is 13.6. The Kier molecular flexibility index (Phi) is 4.21. The van der Waals surface area contributed by atoms with Crippen molar-refractivity contribution in [3.05, 3.63) is 17.8 Å². The average Bonchev–Trinajstić information content (AvgIpc) is 2.84. The molecule has 4 N–H and O–H groups in total. The molecule has 0 aliphatic carbocycles. The normalized spacial score (nSPS) is 19.5. The zero-order chi connectivity index (χ0) is 13.8. The zero-order valence-corrected chi connectivity index (χ0v) is 11.1. The van der Waals surface area contributed by atoms with Crippen LogP contribution in [-0.2, 0) is 0 Å². The van der Waals surface area contributed by atoms with E-state index in [-0.39, 0.29) is 5.56 Å². The van der Waals surface area contributed by atoms with Gasteiger partial charge < -0.3 is 16.2 Å². The summed E-state index contributed by atoms with van der Waals surface area (Å²) in [5, 5.41) is 12.3. The number of aromatic nitrogens is 1. The number of carbonyl (C=O) groups is 1. The number of hydrogen-bond donors (Lipinski definition) is 3. The Morgan fingerprint density at radius 3 is 3.16 bits per heavy atom. The first-order valence-electron chi connectivity index (χ1n) is 6.58. The molecule has 104 valence electrons. The summed E-state index contributed by atoms with van der Waals surface area (Å²) in [5.74, 6) is -0.620. The predicted octanol–water partition coefficient (Wildman–Crippen LogP) is 1.26. The van der Waals surface area contributed by atoms with E-state index >= 15 is 0 Å². The average molecular weight is 264 g/mol. The zero-order valence-electron chi connectivity index (χ0n) is 11.1. The first-order valence-corrected chi connectivity index (χ1v) is 6.58. The van der Waals surface area contributed by atoms with E-state index in [0.29, 0.717) is 24.1 Å². The summed E-state index contributed by atoms with van der Waals surface area (Å²) in [6, 6.07) is 1.88. The van der Waals surface area contributed by atoms with Crippen molar-refractivity contribution in [3.63, 3.8) is 0 Å². The van der Waals surface area contributed by atoms with E-state index in [4.69, 9.17) is 10.8 Å². The van der Waals surface area contributed by atoms with Crippen LogP contribution in [0.25, 0.3) is 0 Å². The van der Waals surface area contributed by atoms with E-state index in [2.05, 4.69) is 22.1 Å². The molecular weight excluding hydrogens is 244 g/mol. The van der Waals surface area contributed by atoms with Gasteiger partial charge in [0, 0.05) is 12.6 Å². The van der Waals surface area contributed by atoms with Crippen LogP contribution in [0.3, 0.4) is 0 Å². The molecule has 1 aliphatic heterocycles. The fraction of sp³-hybridized carbons (Fsp3) is 0.538. The van der Waals surface area contributed by atoms with Crippen LogP contribution in [0.2, 0.25) is 0 Å². The number of nitrogen functional groups attached to an aromatic ring is 1. The van der Waals surface area contributed by atoms with Crippen molar-refractivity contribution in [2.45, 2.75) is 25.8 Å². The van der Waals surface area contributed by atoms with Gasteiger partial charge in [-0.15, -0.1) is 0 Å². The smallest absolute Gasteiger partial charge is 0.339 e. The molecule has 0 saturated carbocycles. The van der Waals surface area contributed by atoms with E-state index in [0.717, 1.165) is 19.5 Å². The van der Waals surface area contributed by atoms with Gasteiger partial charge in [0.25, 0.3) is 0 Å². The number of likely N-dealkylation sites (tertiary alicyclic amines) is 1. The van der Waals surface area contributed by atoms with Gasteiger partial charge in [0.2, 0.25) is 0 Å². The Bertz CT molecular complexity index is 464. The van der Waals surface area contributed by atoms with Crippen LogP contribution in [0, 0.1) is 0 Å². The van der Waals surface area contributed by atoms with Gasteiger partial charge in [0.1, 0.15) is 11.4 Å². The van der Waals surface area contributed by atoms with E-state index in [1.165, 1.54) is 18.7 Å². The molecule has 19 heavy (non-hydrogen) atoms. The molecule has 0 aromatic carbocycles. The van der Waals surface area contributed by atoms with Gasteiger partial charge in [-0.3, -0.25) is 4.90 Å². The fourth-order valence-electron chi connectivity index (χ4n) is 2.54. The van der Waals surface area contributed by atoms with E-state index < -0.39 is 5.97 Å². The fourth-order valence-corrected chi connectivity index (χ4v) is 2.54. The molecular formula is C13H20N4O2. The van der Waals surface area contributed by atoms with Gasteiger partial charge >= 0.3 is 5.97 Å². The maximum Gasteiger partial charge on any atom is 0.339 e. The van der Waals surface area contributed by atoms with Crippen molar-refractivity contribution < 1.29 is 9.90 Å². The lowest BCUT2D eigenvalue weighted by Crippen LogP contribution is -2.35. The molecule has 1 saturated heterocycles. The highest BCUT2D eigenvalue weighted by Crippen LogP contribution is 2.19. The molecule has 0 bridgehead atoms. The van der Waals surface area contributed by atoms with Crippen LogP contribution in [-0.4, -0.2) is 46.6 Å². The van der Waals surface area contributed by atoms with Crippen molar-refractivity contribution in [2.75, 3.05) is 30.7 Å². The van der Waals surface area contributed by atoms with Gasteiger partial charge in [-0.05, 0) is 32.0 Å². The van der Waals surface area contributed by atoms with Crippen molar-refractivity contribution in [3.8, 4) is 0 Å². The molecule has 0 spiro atoms. The molecule has 1 aliphatic rings. The summed E-state index contributed by atoms with van der Waals surface area (Å²) < 4.78 is 0. The van der Waals surface area contributed by atoms with Crippen molar-refractivity contribution in [2.24, 2.45) is 0 Å². The van der Waals surface area contributed by atoms with Gasteiger partial charge in [-0.25, -0.2) is 9.78 Å². The molecule has 0 amide bonds. The Morgan fingerprint density at radius 2 is 2.47 bits per heavy atom. The Morgan fingerprint density at radius 1 is 1.68 bits per heavy atom. The maximum atomic E-state index is 11.1. The number of nitrogens with zero attached hydrogens (tertiary/aromatic N) is 2. The van der Waals surface area contributed by atoms with Crippen molar-refractivity contribution in [1.29, 1.82) is 0 Å². The van der Waals surface area contributed by atoms with E-state index in [9.17, 15) is 4.79 Å². The number of nitrogens with one attached hydrogen (secondary N) is 1. The lowest BCUT2D eigenvalue weighted by Gasteiger charge is -2.23. The molecule has 6 heteroatoms. The highest BCUT2D eigenvalue weighted by atomic mass is 16.4. The monoisotopic (exact) mass is 264 g/mol. The van der Waals surface area contributed by atoms with Crippen LogP contribution in [0.15, 0.2) is 12.3 Å². The number of pyridine rings is 1. The third kappa shape index (κ3) is 3.14. The van der Waals surface area contributed by atoms with Crippen LogP contribution in [0.1, 0.15) is 30.1 Å². The number of anilines is 2. The van der Waals surface area contributed by atoms with E-state index in [1.807, 2.05) is 0 Å². The molecule has 1 aromatic heterocycles. The maximum absolute atomic E-state index is 11.1. The molecule has 1 unspecified atom stereocenters. The molecule has 2 heterocycles. The number of rotatable bonds is 5. The van der Waals surface area contributed by atoms with Gasteiger partial charge in [0.05, 0.1) is 11.9 Å². The number of carboxylic acids is 1. The Hall–Kier alpha value is -1.82. The Labute approximate surface area is 112 Å². The summed E-state index contributed by atoms with van der Waals surface area (Å²) in [6.45, 7) is 4.99. The van der Waals surface area contributed by atoms with Gasteiger partial charge in [0.15, 0.2) is 0 Å². The minimum Gasteiger partial charge on any atom is -0.478 e. The third-order valence-electron chi connectivity index (χ3n) is 3.55. The lowest BCUT2D eigenvalue weighted by molar-refractivity contribution is 0.0697. The number of nitrogens with two attached hydrogens (primary N) is 1. The largest absolute Gasteiger partial charge is 0.478 e. The minimum atomic E-state index is -1.01. The topological polar surface area (TPSA) is 91.5 Å². The standard InChI is InChI=1S/C13H20N4O2/c1-2-17-5-3-4-10(17)8-16-12-11(13(18)19)6-9(14)7-15-12/h6-7,10H,2-5,8,14H2,1H3,(H,15,16)(H,18,19). The van der Waals surface area contributed by atoms with Crippen LogP contribution in [0.5, 0.6) is 0 Å². The quantitative estimate of drug-likeness (QED) is 0.741. The lowest BCUT2D eigenvalue weighted by atomic mass is 10.2. The predicted molar refractivity (Wildman–Crippen MR) is 74.4 cm³/mol. The molecule has 1 atom stereocenters. The number of aromatic carboxylic acids is 1. The first-order chi connectivity index (χ1) is 9.11. The summed E-state index contributed by atoms with van der Waals surface area (Å²) in [7, 11) is 0. The molecule has 1 fully saturated rings. The number of carboxylic acid groups (broad SMARTS) is 1. The number of hydrogen-bond acceptors (Lipinski definition) is 5. The summed E-state index contributed by atoms with van der Waals surface area (Å²) in [4.78, 5) is 17.6. The highest BCUT2D eigenvalue weighted by molar-refractivity contribution is 5.94. The van der Waals surface area contributed by atoms with Crippen LogP contribution < -0.4 is 11.1 Å². The van der Waals surface area contributed by atoms with Crippen molar-refractivity contribution >= 4 is 17.5 Å². The molecule has 1 aromatic rings. The van der Waals surface area contributed by atoms with E-state index in [1.54, 1.807) is 0 Å². The second kappa shape index (κ2) is 5.88. The molecule has 0 radical (unpaired) electrons. The van der Waals surface area contributed by atoms with Crippen molar-refractivity contribution in [1.82, 2.24) is 9.88 Å². The number of likely N-dealkylation sites (N-methyl/N-ethyl adjacent to an activating group) is 1. The van der Waals surface area contributed by atoms with Gasteiger partial charge in [-0.2, -0.15) is 0 Å². The molecule has 2 rings (SSSR count). The summed E-state index contributed by atoms with van der Waals surface area (Å²) in [6.07, 6.45) is 3.81. The second-order valence-electron chi connectivity index (χ2n) is 4.78. The summed E-state index contributed by atoms with van der Waals surface area (Å²) in [5.41, 5.74) is 6.05. The Balaban J connectivity index is 2.05. The summed E-state index contributed by atoms with van der Waals surface area (Å²) >= 11 is 0. The highest BCUT2D eigenvalue weighted by Gasteiger charge is 2.23. The molecule has 6 nitrogen and oxygen atoms in total. The van der Waals surface area contributed by atoms with Crippen LogP contribution in [0.4, 0.5) is 11.5 Å².